The van der Waals surface area contributed by atoms with Crippen molar-refractivity contribution in [2.75, 3.05) is 0 Å². The van der Waals surface area contributed by atoms with Crippen LogP contribution in [0.25, 0.3) is 16.3 Å². The average Bonchev–Trinajstić information content (AvgIpc) is 2.37. The standard InChI is InChI=1S/C15H14O3/c1-9(10(2)15(17)18)14-12-6-4-3-5-11(12)7-8-13(14)16/h3-8,16H,1-2H3,(H,17,18). The fraction of sp³-hybridized carbons (Fsp3) is 0.133. The Morgan fingerprint density at radius 3 is 2.39 bits per heavy atom. The molecular formula is C15H14O3. The summed E-state index contributed by atoms with van der Waals surface area (Å²) < 4.78 is 0. The minimum absolute atomic E-state index is 0.104. The first-order chi connectivity index (χ1) is 8.52. The maximum atomic E-state index is 11.0. The van der Waals surface area contributed by atoms with Crippen LogP contribution in [0.3, 0.4) is 0 Å². The van der Waals surface area contributed by atoms with Crippen LogP contribution in [-0.4, -0.2) is 16.2 Å². The highest BCUT2D eigenvalue weighted by Crippen LogP contribution is 2.34. The van der Waals surface area contributed by atoms with E-state index in [2.05, 4.69) is 0 Å². The van der Waals surface area contributed by atoms with E-state index in [1.54, 1.807) is 19.9 Å². The second-order valence-electron chi connectivity index (χ2n) is 4.24. The monoisotopic (exact) mass is 242 g/mol. The van der Waals surface area contributed by atoms with Gasteiger partial charge in [0.25, 0.3) is 0 Å². The van der Waals surface area contributed by atoms with E-state index in [0.717, 1.165) is 10.8 Å². The molecule has 0 spiro atoms. The molecule has 0 bridgehead atoms. The van der Waals surface area contributed by atoms with Gasteiger partial charge >= 0.3 is 5.97 Å². The summed E-state index contributed by atoms with van der Waals surface area (Å²) in [7, 11) is 0. The molecule has 0 unspecified atom stereocenters. The van der Waals surface area contributed by atoms with Gasteiger partial charge in [0, 0.05) is 11.1 Å². The number of carbonyl (C=O) groups is 1. The Hall–Kier alpha value is -2.29. The van der Waals surface area contributed by atoms with Crippen LogP contribution in [0.15, 0.2) is 42.0 Å². The van der Waals surface area contributed by atoms with Gasteiger partial charge in [-0.1, -0.05) is 30.3 Å². The van der Waals surface area contributed by atoms with Crippen LogP contribution < -0.4 is 0 Å². The van der Waals surface area contributed by atoms with Crippen molar-refractivity contribution >= 4 is 22.3 Å². The number of phenolic OH excluding ortho intramolecular Hbond substituents is 1. The molecule has 0 saturated carbocycles. The third-order valence-electron chi connectivity index (χ3n) is 3.17. The number of rotatable bonds is 2. The Labute approximate surface area is 105 Å². The topological polar surface area (TPSA) is 57.5 Å². The number of phenols is 1. The molecule has 0 saturated heterocycles. The van der Waals surface area contributed by atoms with Gasteiger partial charge in [-0.2, -0.15) is 0 Å². The first kappa shape index (κ1) is 12.2. The molecule has 0 atom stereocenters. The predicted molar refractivity (Wildman–Crippen MR) is 71.5 cm³/mol. The van der Waals surface area contributed by atoms with E-state index in [1.165, 1.54) is 0 Å². The lowest BCUT2D eigenvalue weighted by atomic mass is 9.95. The summed E-state index contributed by atoms with van der Waals surface area (Å²) in [6.07, 6.45) is 0. The van der Waals surface area contributed by atoms with Gasteiger partial charge in [-0.25, -0.2) is 4.79 Å². The van der Waals surface area contributed by atoms with Gasteiger partial charge < -0.3 is 10.2 Å². The molecule has 92 valence electrons. The minimum Gasteiger partial charge on any atom is -0.507 e. The quantitative estimate of drug-likeness (QED) is 0.793. The van der Waals surface area contributed by atoms with E-state index in [9.17, 15) is 9.90 Å². The van der Waals surface area contributed by atoms with E-state index in [1.807, 2.05) is 30.3 Å². The zero-order chi connectivity index (χ0) is 13.3. The smallest absolute Gasteiger partial charge is 0.331 e. The zero-order valence-corrected chi connectivity index (χ0v) is 10.3. The number of hydrogen-bond donors (Lipinski definition) is 2. The highest BCUT2D eigenvalue weighted by molar-refractivity contribution is 6.02. The summed E-state index contributed by atoms with van der Waals surface area (Å²) in [6, 6.07) is 11.0. The molecule has 3 nitrogen and oxygen atoms in total. The average molecular weight is 242 g/mol. The molecule has 3 heteroatoms. The molecule has 0 aliphatic heterocycles. The van der Waals surface area contributed by atoms with Gasteiger partial charge in [-0.15, -0.1) is 0 Å². The van der Waals surface area contributed by atoms with Crippen molar-refractivity contribution in [3.8, 4) is 5.75 Å². The summed E-state index contributed by atoms with van der Waals surface area (Å²) in [5.41, 5.74) is 1.41. The Balaban J connectivity index is 2.82. The maximum Gasteiger partial charge on any atom is 0.331 e. The predicted octanol–water partition coefficient (Wildman–Crippen LogP) is 3.42. The molecule has 18 heavy (non-hydrogen) atoms. The highest BCUT2D eigenvalue weighted by atomic mass is 16.4. The van der Waals surface area contributed by atoms with Crippen LogP contribution in [0.4, 0.5) is 0 Å². The second-order valence-corrected chi connectivity index (χ2v) is 4.24. The van der Waals surface area contributed by atoms with Crippen molar-refractivity contribution < 1.29 is 15.0 Å². The lowest BCUT2D eigenvalue weighted by molar-refractivity contribution is -0.132. The van der Waals surface area contributed by atoms with Crippen molar-refractivity contribution in [2.24, 2.45) is 0 Å². The van der Waals surface area contributed by atoms with Gasteiger partial charge in [0.2, 0.25) is 0 Å². The molecule has 0 radical (unpaired) electrons. The zero-order valence-electron chi connectivity index (χ0n) is 10.3. The van der Waals surface area contributed by atoms with E-state index in [4.69, 9.17) is 5.11 Å². The lowest BCUT2D eigenvalue weighted by Crippen LogP contribution is -1.99. The lowest BCUT2D eigenvalue weighted by Gasteiger charge is -2.11. The molecule has 0 aliphatic carbocycles. The Bertz CT molecular complexity index is 654. The molecule has 2 aromatic carbocycles. The number of hydrogen-bond acceptors (Lipinski definition) is 2. The van der Waals surface area contributed by atoms with Crippen molar-refractivity contribution in [1.29, 1.82) is 0 Å². The van der Waals surface area contributed by atoms with Crippen molar-refractivity contribution in [3.05, 3.63) is 47.5 Å². The van der Waals surface area contributed by atoms with Crippen LogP contribution >= 0.6 is 0 Å². The summed E-state index contributed by atoms with van der Waals surface area (Å²) in [5, 5.41) is 20.9. The fourth-order valence-corrected chi connectivity index (χ4v) is 2.00. The number of fused-ring (bicyclic) bond motifs is 1. The number of allylic oxidation sites excluding steroid dienone is 1. The first-order valence-electron chi connectivity index (χ1n) is 5.64. The Kier molecular flexibility index (Phi) is 3.06. The Morgan fingerprint density at radius 2 is 1.72 bits per heavy atom. The number of carboxylic acid groups (broad SMARTS) is 1. The minimum atomic E-state index is -0.972. The largest absolute Gasteiger partial charge is 0.507 e. The van der Waals surface area contributed by atoms with Crippen LogP contribution in [0.2, 0.25) is 0 Å². The highest BCUT2D eigenvalue weighted by Gasteiger charge is 2.13. The van der Waals surface area contributed by atoms with Crippen molar-refractivity contribution in [2.45, 2.75) is 13.8 Å². The molecule has 2 aromatic rings. The number of benzene rings is 2. The number of aromatic hydroxyl groups is 1. The van der Waals surface area contributed by atoms with Gasteiger partial charge in [0.15, 0.2) is 0 Å². The van der Waals surface area contributed by atoms with Crippen LogP contribution in [-0.2, 0) is 4.79 Å². The van der Waals surface area contributed by atoms with Crippen molar-refractivity contribution in [3.63, 3.8) is 0 Å². The van der Waals surface area contributed by atoms with E-state index < -0.39 is 5.97 Å². The SMILES string of the molecule is CC(C(=O)O)=C(C)c1c(O)ccc2ccccc12. The van der Waals surface area contributed by atoms with Crippen LogP contribution in [0.5, 0.6) is 5.75 Å². The molecule has 0 heterocycles. The van der Waals surface area contributed by atoms with Crippen LogP contribution in [0.1, 0.15) is 19.4 Å². The third kappa shape index (κ3) is 1.95. The van der Waals surface area contributed by atoms with Gasteiger partial charge in [-0.3, -0.25) is 0 Å². The van der Waals surface area contributed by atoms with E-state index in [0.29, 0.717) is 11.1 Å². The fourth-order valence-electron chi connectivity index (χ4n) is 2.00. The van der Waals surface area contributed by atoms with Gasteiger partial charge in [0.1, 0.15) is 5.75 Å². The summed E-state index contributed by atoms with van der Waals surface area (Å²) in [6.45, 7) is 3.25. The molecular weight excluding hydrogens is 228 g/mol. The van der Waals surface area contributed by atoms with Crippen LogP contribution in [0, 0.1) is 0 Å². The molecule has 0 fully saturated rings. The maximum absolute atomic E-state index is 11.0. The molecule has 0 amide bonds. The molecule has 2 rings (SSSR count). The van der Waals surface area contributed by atoms with Crippen molar-refractivity contribution in [1.82, 2.24) is 0 Å². The first-order valence-corrected chi connectivity index (χ1v) is 5.64. The molecule has 2 N–H and O–H groups in total. The van der Waals surface area contributed by atoms with Gasteiger partial charge in [0.05, 0.1) is 0 Å². The summed E-state index contributed by atoms with van der Waals surface area (Å²) in [4.78, 5) is 11.0. The normalized spacial score (nSPS) is 12.3. The number of carboxylic acids is 1. The summed E-state index contributed by atoms with van der Waals surface area (Å²) >= 11 is 0. The number of aliphatic carboxylic acids is 1. The summed E-state index contributed by atoms with van der Waals surface area (Å²) in [5.74, 6) is -0.869. The second kappa shape index (κ2) is 4.53. The Morgan fingerprint density at radius 1 is 1.06 bits per heavy atom. The van der Waals surface area contributed by atoms with Gasteiger partial charge in [-0.05, 0) is 36.3 Å². The third-order valence-corrected chi connectivity index (χ3v) is 3.17. The molecule has 0 aromatic heterocycles. The van der Waals surface area contributed by atoms with E-state index >= 15 is 0 Å². The van der Waals surface area contributed by atoms with E-state index in [-0.39, 0.29) is 11.3 Å². The molecule has 0 aliphatic rings.